The number of nitrogens with zero attached hydrogens (tertiary/aromatic N) is 1. The van der Waals surface area contributed by atoms with Crippen LogP contribution in [-0.2, 0) is 23.9 Å². The molecule has 6 heteroatoms. The number of allylic oxidation sites excluding steroid dienone is 2. The van der Waals surface area contributed by atoms with E-state index in [-0.39, 0.29) is 36.4 Å². The van der Waals surface area contributed by atoms with Crippen LogP contribution in [0.3, 0.4) is 0 Å². The van der Waals surface area contributed by atoms with Crippen molar-refractivity contribution >= 4 is 17.8 Å². The predicted molar refractivity (Wildman–Crippen MR) is 97.2 cm³/mol. The summed E-state index contributed by atoms with van der Waals surface area (Å²) in [4.78, 5) is 39.1. The summed E-state index contributed by atoms with van der Waals surface area (Å²) >= 11 is 0. The highest BCUT2D eigenvalue weighted by Crippen LogP contribution is 2.27. The molecule has 2 aliphatic rings. The smallest absolute Gasteiger partial charge is 0.307 e. The van der Waals surface area contributed by atoms with Gasteiger partial charge in [0, 0.05) is 13.0 Å². The van der Waals surface area contributed by atoms with Crippen molar-refractivity contribution in [2.24, 2.45) is 5.92 Å². The number of fused-ring (bicyclic) bond motifs is 1. The second-order valence-electron chi connectivity index (χ2n) is 8.17. The molecule has 3 atom stereocenters. The third-order valence-electron chi connectivity index (χ3n) is 4.73. The fourth-order valence-corrected chi connectivity index (χ4v) is 3.57. The maximum Gasteiger partial charge on any atom is 0.307 e. The summed E-state index contributed by atoms with van der Waals surface area (Å²) in [5.74, 6) is -1.07. The molecule has 0 saturated carbocycles. The molecule has 2 heterocycles. The molecule has 0 radical (unpaired) electrons. The number of carbonyl (C=O) groups excluding carboxylic acids is 3. The molecule has 146 valence electrons. The molecule has 0 aromatic rings. The Kier molecular flexibility index (Phi) is 6.84. The molecule has 0 aromatic heterocycles. The number of carbonyl (C=O) groups is 3. The number of ether oxygens (including phenoxy) is 2. The number of hydrogen-bond donors (Lipinski definition) is 0. The third kappa shape index (κ3) is 5.85. The molecular weight excluding hydrogens is 334 g/mol. The van der Waals surface area contributed by atoms with E-state index in [2.05, 4.69) is 0 Å². The van der Waals surface area contributed by atoms with Crippen LogP contribution in [0.5, 0.6) is 0 Å². The van der Waals surface area contributed by atoms with E-state index in [4.69, 9.17) is 9.47 Å². The summed E-state index contributed by atoms with van der Waals surface area (Å²) in [5.41, 5.74) is -0.569. The summed E-state index contributed by atoms with van der Waals surface area (Å²) in [7, 11) is 0. The molecule has 26 heavy (non-hydrogen) atoms. The Morgan fingerprint density at radius 3 is 2.73 bits per heavy atom. The first-order chi connectivity index (χ1) is 12.2. The lowest BCUT2D eigenvalue weighted by Gasteiger charge is -2.32. The molecule has 0 aliphatic carbocycles. The molecule has 2 rings (SSSR count). The van der Waals surface area contributed by atoms with Gasteiger partial charge < -0.3 is 14.4 Å². The number of amides is 1. The number of rotatable bonds is 2. The minimum absolute atomic E-state index is 0.0496. The molecule has 6 nitrogen and oxygen atoms in total. The number of cyclic esters (lactones) is 1. The first-order valence-corrected chi connectivity index (χ1v) is 9.54. The Labute approximate surface area is 155 Å². The van der Waals surface area contributed by atoms with Gasteiger partial charge in [0.1, 0.15) is 11.7 Å². The van der Waals surface area contributed by atoms with Crippen LogP contribution in [0.25, 0.3) is 0 Å². The standard InChI is InChI=1S/C20H31NO5/c1-14-16-10-8-12-21(16)19(24)15(13-18(23)26-20(2,3)4)9-6-5-7-11-17(22)25-14/h5-6,14-16H,7-13H2,1-4H3/b6-5-/t14-,15-,16-/m0/s1. The van der Waals surface area contributed by atoms with Gasteiger partial charge >= 0.3 is 11.9 Å². The molecule has 0 spiro atoms. The van der Waals surface area contributed by atoms with E-state index in [0.29, 0.717) is 25.8 Å². The van der Waals surface area contributed by atoms with Gasteiger partial charge in [-0.1, -0.05) is 12.2 Å². The summed E-state index contributed by atoms with van der Waals surface area (Å²) < 4.78 is 10.9. The van der Waals surface area contributed by atoms with Crippen molar-refractivity contribution in [1.82, 2.24) is 4.90 Å². The third-order valence-corrected chi connectivity index (χ3v) is 4.73. The van der Waals surface area contributed by atoms with Gasteiger partial charge in [-0.3, -0.25) is 14.4 Å². The topological polar surface area (TPSA) is 72.9 Å². The summed E-state index contributed by atoms with van der Waals surface area (Å²) in [6, 6.07) is -0.115. The Morgan fingerprint density at radius 1 is 1.31 bits per heavy atom. The molecular formula is C20H31NO5. The van der Waals surface area contributed by atoms with Gasteiger partial charge in [-0.2, -0.15) is 0 Å². The van der Waals surface area contributed by atoms with Crippen molar-refractivity contribution in [1.29, 1.82) is 0 Å². The van der Waals surface area contributed by atoms with Crippen LogP contribution in [-0.4, -0.2) is 47.0 Å². The largest absolute Gasteiger partial charge is 0.460 e. The Balaban J connectivity index is 2.17. The minimum atomic E-state index is -0.569. The first kappa shape index (κ1) is 20.5. The van der Waals surface area contributed by atoms with E-state index < -0.39 is 11.5 Å². The van der Waals surface area contributed by atoms with Gasteiger partial charge in [0.2, 0.25) is 5.91 Å². The van der Waals surface area contributed by atoms with Crippen molar-refractivity contribution in [3.63, 3.8) is 0 Å². The van der Waals surface area contributed by atoms with Gasteiger partial charge in [0.05, 0.1) is 18.4 Å². The summed E-state index contributed by atoms with van der Waals surface area (Å²) in [6.07, 6.45) is 6.58. The molecule has 1 saturated heterocycles. The Hall–Kier alpha value is -1.85. The maximum absolute atomic E-state index is 13.1. The monoisotopic (exact) mass is 365 g/mol. The molecule has 0 aromatic carbocycles. The van der Waals surface area contributed by atoms with Crippen LogP contribution < -0.4 is 0 Å². The average molecular weight is 365 g/mol. The maximum atomic E-state index is 13.1. The second kappa shape index (κ2) is 8.69. The fraction of sp³-hybridized carbons (Fsp3) is 0.750. The highest BCUT2D eigenvalue weighted by atomic mass is 16.6. The van der Waals surface area contributed by atoms with Crippen LogP contribution in [0, 0.1) is 5.92 Å². The number of hydrogen-bond acceptors (Lipinski definition) is 5. The molecule has 1 fully saturated rings. The highest BCUT2D eigenvalue weighted by molar-refractivity contribution is 5.84. The minimum Gasteiger partial charge on any atom is -0.460 e. The van der Waals surface area contributed by atoms with Crippen molar-refractivity contribution < 1.29 is 23.9 Å². The van der Waals surface area contributed by atoms with Gasteiger partial charge in [0.25, 0.3) is 0 Å². The van der Waals surface area contributed by atoms with Crippen molar-refractivity contribution in [2.75, 3.05) is 6.54 Å². The van der Waals surface area contributed by atoms with Crippen molar-refractivity contribution in [3.8, 4) is 0 Å². The van der Waals surface area contributed by atoms with E-state index >= 15 is 0 Å². The molecule has 0 bridgehead atoms. The van der Waals surface area contributed by atoms with Gasteiger partial charge in [0.15, 0.2) is 0 Å². The zero-order valence-corrected chi connectivity index (χ0v) is 16.3. The van der Waals surface area contributed by atoms with Gasteiger partial charge in [-0.25, -0.2) is 0 Å². The molecule has 1 amide bonds. The average Bonchev–Trinajstić information content (AvgIpc) is 2.99. The lowest BCUT2D eigenvalue weighted by Crippen LogP contribution is -2.46. The van der Waals surface area contributed by atoms with Crippen molar-refractivity contribution in [2.45, 2.75) is 84.0 Å². The van der Waals surface area contributed by atoms with E-state index in [1.165, 1.54) is 0 Å². The number of esters is 2. The molecule has 0 N–H and O–H groups in total. The fourth-order valence-electron chi connectivity index (χ4n) is 3.57. The highest BCUT2D eigenvalue weighted by Gasteiger charge is 2.38. The normalized spacial score (nSPS) is 29.2. The van der Waals surface area contributed by atoms with E-state index in [1.54, 1.807) is 4.90 Å². The van der Waals surface area contributed by atoms with Crippen LogP contribution in [0.2, 0.25) is 0 Å². The summed E-state index contributed by atoms with van der Waals surface area (Å²) in [5, 5.41) is 0. The van der Waals surface area contributed by atoms with Crippen LogP contribution >= 0.6 is 0 Å². The van der Waals surface area contributed by atoms with Crippen LogP contribution in [0.1, 0.15) is 66.2 Å². The zero-order valence-electron chi connectivity index (χ0n) is 16.3. The first-order valence-electron chi connectivity index (χ1n) is 9.54. The SMILES string of the molecule is C[C@@H]1OC(=O)CC/C=C\C[C@@H](CC(=O)OC(C)(C)C)C(=O)N2CCC[C@@H]12. The summed E-state index contributed by atoms with van der Waals surface area (Å²) in [6.45, 7) is 7.94. The van der Waals surface area contributed by atoms with E-state index in [9.17, 15) is 14.4 Å². The van der Waals surface area contributed by atoms with Crippen LogP contribution in [0.15, 0.2) is 12.2 Å². The van der Waals surface area contributed by atoms with E-state index in [0.717, 1.165) is 12.8 Å². The second-order valence-corrected chi connectivity index (χ2v) is 8.17. The lowest BCUT2D eigenvalue weighted by molar-refractivity contribution is -0.159. The quantitative estimate of drug-likeness (QED) is 0.556. The Morgan fingerprint density at radius 2 is 2.04 bits per heavy atom. The Bertz CT molecular complexity index is 563. The van der Waals surface area contributed by atoms with Gasteiger partial charge in [-0.15, -0.1) is 0 Å². The van der Waals surface area contributed by atoms with E-state index in [1.807, 2.05) is 39.8 Å². The lowest BCUT2D eigenvalue weighted by atomic mass is 9.97. The zero-order chi connectivity index (χ0) is 19.3. The van der Waals surface area contributed by atoms with Crippen molar-refractivity contribution in [3.05, 3.63) is 12.2 Å². The molecule has 0 unspecified atom stereocenters. The van der Waals surface area contributed by atoms with Gasteiger partial charge in [-0.05, 0) is 53.4 Å². The molecule has 2 aliphatic heterocycles. The predicted octanol–water partition coefficient (Wildman–Crippen LogP) is 3.00. The van der Waals surface area contributed by atoms with Crippen LogP contribution in [0.4, 0.5) is 0 Å².